The molecule has 1 aliphatic heterocycles. The van der Waals surface area contributed by atoms with E-state index in [0.29, 0.717) is 11.3 Å². The van der Waals surface area contributed by atoms with Crippen LogP contribution < -0.4 is 5.69 Å². The molecule has 2 aromatic carbocycles. The number of rotatable bonds is 2. The molecule has 5 nitrogen and oxygen atoms in total. The fourth-order valence-electron chi connectivity index (χ4n) is 4.69. The number of aryl methyl sites for hydroxylation is 1. The third-order valence-electron chi connectivity index (χ3n) is 5.94. The first-order valence-corrected chi connectivity index (χ1v) is 9.94. The van der Waals surface area contributed by atoms with Crippen molar-refractivity contribution in [1.29, 1.82) is 0 Å². The van der Waals surface area contributed by atoms with Crippen LogP contribution in [-0.2, 0) is 6.42 Å². The SMILES string of the molecule is CCCc1c2n(c(=O)n3c1cc1ccccc13)C(O)c1cc3ccccc3nc1-2. The number of hydrogen-bond acceptors (Lipinski definition) is 3. The number of aromatic nitrogens is 3. The minimum atomic E-state index is -1.04. The quantitative estimate of drug-likeness (QED) is 0.497. The van der Waals surface area contributed by atoms with Gasteiger partial charge in [-0.2, -0.15) is 0 Å². The van der Waals surface area contributed by atoms with Gasteiger partial charge in [0, 0.05) is 21.9 Å². The summed E-state index contributed by atoms with van der Waals surface area (Å²) in [5, 5.41) is 13.1. The second kappa shape index (κ2) is 5.78. The first-order chi connectivity index (χ1) is 14.2. The molecule has 6 rings (SSSR count). The predicted molar refractivity (Wildman–Crippen MR) is 114 cm³/mol. The number of benzene rings is 2. The Morgan fingerprint density at radius 3 is 2.59 bits per heavy atom. The average Bonchev–Trinajstić information content (AvgIpc) is 3.26. The highest BCUT2D eigenvalue weighted by Gasteiger charge is 2.34. The van der Waals surface area contributed by atoms with Gasteiger partial charge in [-0.3, -0.25) is 8.97 Å². The molecule has 142 valence electrons. The molecular formula is C24H19N3O2. The molecule has 5 heteroatoms. The Morgan fingerprint density at radius 2 is 1.76 bits per heavy atom. The number of aliphatic hydroxyl groups excluding tert-OH is 1. The second-order valence-electron chi connectivity index (χ2n) is 7.65. The Balaban J connectivity index is 1.82. The fraction of sp³-hybridized carbons (Fsp3) is 0.167. The Morgan fingerprint density at radius 1 is 1.00 bits per heavy atom. The first-order valence-electron chi connectivity index (χ1n) is 9.94. The van der Waals surface area contributed by atoms with Crippen molar-refractivity contribution in [2.24, 2.45) is 0 Å². The summed E-state index contributed by atoms with van der Waals surface area (Å²) in [5.74, 6) is 0. The summed E-state index contributed by atoms with van der Waals surface area (Å²) in [4.78, 5) is 18.4. The zero-order chi connectivity index (χ0) is 19.7. The summed E-state index contributed by atoms with van der Waals surface area (Å²) in [5.41, 5.74) is 5.61. The molecule has 1 aliphatic rings. The third-order valence-corrected chi connectivity index (χ3v) is 5.94. The molecule has 5 aromatic rings. The zero-order valence-corrected chi connectivity index (χ0v) is 16.0. The van der Waals surface area contributed by atoms with Gasteiger partial charge in [0.25, 0.3) is 0 Å². The Bertz CT molecular complexity index is 1510. The van der Waals surface area contributed by atoms with Crippen molar-refractivity contribution in [3.8, 4) is 11.4 Å². The van der Waals surface area contributed by atoms with Gasteiger partial charge in [0.2, 0.25) is 0 Å². The van der Waals surface area contributed by atoms with Gasteiger partial charge in [-0.25, -0.2) is 9.78 Å². The van der Waals surface area contributed by atoms with E-state index >= 15 is 0 Å². The Kier molecular flexibility index (Phi) is 3.29. The molecular weight excluding hydrogens is 362 g/mol. The van der Waals surface area contributed by atoms with E-state index in [1.807, 2.05) is 54.6 Å². The van der Waals surface area contributed by atoms with Crippen LogP contribution in [0.4, 0.5) is 0 Å². The zero-order valence-electron chi connectivity index (χ0n) is 16.0. The van der Waals surface area contributed by atoms with Crippen molar-refractivity contribution in [1.82, 2.24) is 14.0 Å². The number of pyridine rings is 1. The van der Waals surface area contributed by atoms with E-state index < -0.39 is 6.23 Å². The predicted octanol–water partition coefficient (Wildman–Crippen LogP) is 4.27. The molecule has 0 amide bonds. The number of para-hydroxylation sites is 2. The van der Waals surface area contributed by atoms with Crippen LogP contribution in [0.1, 0.15) is 30.7 Å². The first kappa shape index (κ1) is 16.5. The molecule has 0 saturated carbocycles. The van der Waals surface area contributed by atoms with E-state index in [2.05, 4.69) is 13.0 Å². The highest BCUT2D eigenvalue weighted by atomic mass is 16.3. The van der Waals surface area contributed by atoms with Crippen molar-refractivity contribution in [3.63, 3.8) is 0 Å². The molecule has 29 heavy (non-hydrogen) atoms. The highest BCUT2D eigenvalue weighted by Crippen LogP contribution is 2.41. The lowest BCUT2D eigenvalue weighted by Crippen LogP contribution is -2.29. The number of aliphatic hydroxyl groups is 1. The maximum atomic E-state index is 13.6. The summed E-state index contributed by atoms with van der Waals surface area (Å²) in [6.45, 7) is 2.13. The van der Waals surface area contributed by atoms with Gasteiger partial charge in [-0.15, -0.1) is 0 Å². The molecule has 1 N–H and O–H groups in total. The molecule has 1 unspecified atom stereocenters. The lowest BCUT2D eigenvalue weighted by Gasteiger charge is -2.14. The van der Waals surface area contributed by atoms with Crippen molar-refractivity contribution in [3.05, 3.63) is 82.3 Å². The molecule has 1 atom stereocenters. The molecule has 0 radical (unpaired) electrons. The summed E-state index contributed by atoms with van der Waals surface area (Å²) < 4.78 is 3.25. The van der Waals surface area contributed by atoms with Gasteiger partial charge in [0.1, 0.15) is 0 Å². The average molecular weight is 381 g/mol. The maximum Gasteiger partial charge on any atom is 0.336 e. The smallest absolute Gasteiger partial charge is 0.336 e. The van der Waals surface area contributed by atoms with Gasteiger partial charge < -0.3 is 5.11 Å². The normalized spacial score (nSPS) is 15.3. The van der Waals surface area contributed by atoms with Crippen LogP contribution >= 0.6 is 0 Å². The van der Waals surface area contributed by atoms with Gasteiger partial charge in [0.15, 0.2) is 6.23 Å². The van der Waals surface area contributed by atoms with Gasteiger partial charge in [-0.05, 0) is 30.7 Å². The number of nitrogens with zero attached hydrogens (tertiary/aromatic N) is 3. The summed E-state index contributed by atoms with van der Waals surface area (Å²) >= 11 is 0. The Labute approximate surface area is 166 Å². The highest BCUT2D eigenvalue weighted by molar-refractivity contribution is 5.91. The maximum absolute atomic E-state index is 13.6. The molecule has 0 bridgehead atoms. The van der Waals surface area contributed by atoms with Crippen LogP contribution in [0.3, 0.4) is 0 Å². The number of hydrogen-bond donors (Lipinski definition) is 1. The van der Waals surface area contributed by atoms with Crippen molar-refractivity contribution in [2.75, 3.05) is 0 Å². The Hall–Kier alpha value is -3.44. The molecule has 0 fully saturated rings. The minimum absolute atomic E-state index is 0.231. The monoisotopic (exact) mass is 381 g/mol. The lowest BCUT2D eigenvalue weighted by atomic mass is 10.0. The van der Waals surface area contributed by atoms with E-state index in [4.69, 9.17) is 4.98 Å². The summed E-state index contributed by atoms with van der Waals surface area (Å²) in [6.07, 6.45) is 0.697. The molecule has 3 aromatic heterocycles. The topological polar surface area (TPSA) is 59.5 Å². The van der Waals surface area contributed by atoms with Crippen LogP contribution in [0.25, 0.3) is 38.7 Å². The van der Waals surface area contributed by atoms with Crippen molar-refractivity contribution in [2.45, 2.75) is 26.0 Å². The standard InChI is InChI=1S/C24H19N3O2/c1-2-7-16-20-13-15-9-4-6-11-19(15)26(20)24(29)27-22(16)21-17(23(27)28)12-14-8-3-5-10-18(14)25-21/h3-6,8-13,23,28H,2,7H2,1H3. The van der Waals surface area contributed by atoms with Gasteiger partial charge in [-0.1, -0.05) is 49.7 Å². The van der Waals surface area contributed by atoms with Gasteiger partial charge in [0.05, 0.1) is 27.9 Å². The van der Waals surface area contributed by atoms with E-state index in [-0.39, 0.29) is 5.69 Å². The van der Waals surface area contributed by atoms with E-state index in [1.54, 1.807) is 4.40 Å². The summed E-state index contributed by atoms with van der Waals surface area (Å²) in [7, 11) is 0. The second-order valence-corrected chi connectivity index (χ2v) is 7.65. The lowest BCUT2D eigenvalue weighted by molar-refractivity contribution is 0.149. The third kappa shape index (κ3) is 2.08. The van der Waals surface area contributed by atoms with E-state index in [9.17, 15) is 9.90 Å². The van der Waals surface area contributed by atoms with E-state index in [0.717, 1.165) is 51.4 Å². The van der Waals surface area contributed by atoms with E-state index in [1.165, 1.54) is 4.57 Å². The molecule has 0 aliphatic carbocycles. The van der Waals surface area contributed by atoms with Crippen LogP contribution in [0.15, 0.2) is 65.5 Å². The summed E-state index contributed by atoms with van der Waals surface area (Å²) in [6, 6.07) is 19.8. The van der Waals surface area contributed by atoms with Crippen LogP contribution in [-0.4, -0.2) is 19.1 Å². The molecule has 4 heterocycles. The minimum Gasteiger partial charge on any atom is -0.369 e. The van der Waals surface area contributed by atoms with Crippen LogP contribution in [0.5, 0.6) is 0 Å². The van der Waals surface area contributed by atoms with Crippen LogP contribution in [0.2, 0.25) is 0 Å². The largest absolute Gasteiger partial charge is 0.369 e. The van der Waals surface area contributed by atoms with Crippen LogP contribution in [0, 0.1) is 0 Å². The van der Waals surface area contributed by atoms with Crippen molar-refractivity contribution < 1.29 is 5.11 Å². The van der Waals surface area contributed by atoms with Crippen molar-refractivity contribution >= 4 is 27.3 Å². The fourth-order valence-corrected chi connectivity index (χ4v) is 4.69. The molecule has 0 spiro atoms. The molecule has 0 saturated heterocycles. The number of fused-ring (bicyclic) bond motifs is 7. The van der Waals surface area contributed by atoms with Gasteiger partial charge >= 0.3 is 5.69 Å².